The van der Waals surface area contributed by atoms with Crippen molar-refractivity contribution in [1.29, 1.82) is 0 Å². The molecule has 8 heavy (non-hydrogen) atoms. The van der Waals surface area contributed by atoms with E-state index in [0.717, 1.165) is 0 Å². The molecule has 0 rings (SSSR count). The topological polar surface area (TPSA) is 63.2 Å². The fourth-order valence-electron chi connectivity index (χ4n) is 0. The molecule has 0 aromatic rings. The van der Waals surface area contributed by atoms with E-state index in [0.29, 0.717) is 0 Å². The molecule has 0 heterocycles. The molecule has 0 bridgehead atoms. The fraction of sp³-hybridized carbons (Fsp3) is 0. The van der Waals surface area contributed by atoms with Crippen molar-refractivity contribution in [2.24, 2.45) is 0 Å². The van der Waals surface area contributed by atoms with Gasteiger partial charge in [-0.25, -0.2) is 0 Å². The first kappa shape index (κ1) is 22.4. The van der Waals surface area contributed by atoms with Crippen LogP contribution in [-0.2, 0) is 65.0 Å². The summed E-state index contributed by atoms with van der Waals surface area (Å²) in [6.45, 7) is 0. The third kappa shape index (κ3) is 69.0. The van der Waals surface area contributed by atoms with Crippen LogP contribution < -0.4 is 29.6 Å². The van der Waals surface area contributed by atoms with Crippen molar-refractivity contribution in [2.45, 2.75) is 0 Å². The van der Waals surface area contributed by atoms with E-state index in [4.69, 9.17) is 13.3 Å². The van der Waals surface area contributed by atoms with Crippen molar-refractivity contribution in [3.63, 3.8) is 0 Å². The summed E-state index contributed by atoms with van der Waals surface area (Å²) in [5.41, 5.74) is 0. The van der Waals surface area contributed by atoms with Gasteiger partial charge in [-0.05, 0) is 11.2 Å². The van der Waals surface area contributed by atoms with Gasteiger partial charge in [-0.2, -0.15) is 0 Å². The normalized spacial score (nSPS) is 7.25. The van der Waals surface area contributed by atoms with Crippen LogP contribution in [0.4, 0.5) is 0 Å². The van der Waals surface area contributed by atoms with Crippen LogP contribution in [0.25, 0.3) is 0 Å². The molecule has 0 aromatic heterocycles. The average molecular weight is 352 g/mol. The molecule has 0 saturated carbocycles. The Labute approximate surface area is 107 Å². The van der Waals surface area contributed by atoms with Gasteiger partial charge < -0.3 is 10.5 Å². The van der Waals surface area contributed by atoms with E-state index in [1.165, 1.54) is 0 Å². The molecule has 0 unspecified atom stereocenters. The van der Waals surface area contributed by atoms with Crippen LogP contribution >= 0.6 is 0 Å². The maximum Gasteiger partial charge on any atom is 1.00 e. The van der Waals surface area contributed by atoms with Crippen LogP contribution in [0.1, 0.15) is 1.43 Å². The SMILES string of the molecule is O=S([O-])([O-])=S.[Ag+].[Ag+].[H-].[Na+]. The molecule has 0 radical (unpaired) electrons. The van der Waals surface area contributed by atoms with Crippen molar-refractivity contribution in [1.82, 2.24) is 0 Å². The van der Waals surface area contributed by atoms with Gasteiger partial charge in [0.2, 0.25) is 0 Å². The molecule has 0 fully saturated rings. The average Bonchev–Trinajstić information content (AvgIpc) is 0.722. The molecule has 0 amide bonds. The number of rotatable bonds is 0. The quantitative estimate of drug-likeness (QED) is 0.419. The molecule has 8 heteroatoms. The van der Waals surface area contributed by atoms with Crippen LogP contribution in [0.5, 0.6) is 0 Å². The van der Waals surface area contributed by atoms with Gasteiger partial charge in [-0.1, -0.05) is 0 Å². The monoisotopic (exact) mass is 350 g/mol. The predicted octanol–water partition coefficient (Wildman–Crippen LogP) is -3.89. The molecular formula is HAg2NaO3S2. The second-order valence-electron chi connectivity index (χ2n) is 0.408. The molecule has 54 valence electrons. The van der Waals surface area contributed by atoms with Gasteiger partial charge in [0.15, 0.2) is 0 Å². The molecule has 3 nitrogen and oxygen atoms in total. The Morgan fingerprint density at radius 1 is 1.38 bits per heavy atom. The Morgan fingerprint density at radius 2 is 1.38 bits per heavy atom. The van der Waals surface area contributed by atoms with Crippen molar-refractivity contribution in [2.75, 3.05) is 0 Å². The summed E-state index contributed by atoms with van der Waals surface area (Å²) in [5.74, 6) is 0. The Balaban J connectivity index is -0.0000000133. The predicted molar refractivity (Wildman–Crippen MR) is 18.2 cm³/mol. The number of hydrogen-bond acceptors (Lipinski definition) is 4. The van der Waals surface area contributed by atoms with Crippen LogP contribution in [0.3, 0.4) is 0 Å². The molecule has 0 aliphatic heterocycles. The minimum Gasteiger partial charge on any atom is -1.00 e. The van der Waals surface area contributed by atoms with E-state index in [1.54, 1.807) is 0 Å². The van der Waals surface area contributed by atoms with E-state index in [9.17, 15) is 0 Å². The standard InChI is InChI=1S/2Ag.Na.H2O3S2.H/c;;;1-5(2,3)4;/h;;;(H2,1,2,3,4);/q3*+1;;-1/p-2. The van der Waals surface area contributed by atoms with Crippen LogP contribution in [0, 0.1) is 0 Å². The van der Waals surface area contributed by atoms with Gasteiger partial charge in [0, 0.05) is 0 Å². The van der Waals surface area contributed by atoms with Crippen molar-refractivity contribution < 1.29 is 89.1 Å². The largest absolute Gasteiger partial charge is 1.00 e. The first-order chi connectivity index (χ1) is 2.00. The zero-order valence-electron chi connectivity index (χ0n) is 4.64. The Morgan fingerprint density at radius 3 is 1.38 bits per heavy atom. The maximum absolute atomic E-state index is 8.89. The Bertz CT molecular complexity index is 103. The molecular weight excluding hydrogens is 351 g/mol. The zero-order valence-corrected chi connectivity index (χ0v) is 10.2. The van der Waals surface area contributed by atoms with Crippen LogP contribution in [0.15, 0.2) is 0 Å². The first-order valence-corrected chi connectivity index (χ1v) is 3.00. The second-order valence-corrected chi connectivity index (χ2v) is 2.45. The third-order valence-corrected chi connectivity index (χ3v) is 0. The summed E-state index contributed by atoms with van der Waals surface area (Å²) >= 11 is 3.24. The molecule has 0 aliphatic carbocycles. The molecule has 0 N–H and O–H groups in total. The van der Waals surface area contributed by atoms with E-state index >= 15 is 0 Å². The summed E-state index contributed by atoms with van der Waals surface area (Å²) in [7, 11) is -4.33. The third-order valence-electron chi connectivity index (χ3n) is 0. The Kier molecular flexibility index (Phi) is 27.4. The molecule has 0 aliphatic rings. The van der Waals surface area contributed by atoms with Gasteiger partial charge in [0.25, 0.3) is 0 Å². The summed E-state index contributed by atoms with van der Waals surface area (Å²) in [5, 5.41) is 0. The van der Waals surface area contributed by atoms with Gasteiger partial charge in [0.05, 0.1) is 0 Å². The van der Waals surface area contributed by atoms with E-state index < -0.39 is 9.05 Å². The summed E-state index contributed by atoms with van der Waals surface area (Å²) < 4.78 is 26.7. The molecule has 0 aromatic carbocycles. The van der Waals surface area contributed by atoms with Crippen molar-refractivity contribution in [3.8, 4) is 0 Å². The molecule has 0 spiro atoms. The van der Waals surface area contributed by atoms with Crippen LogP contribution in [0.2, 0.25) is 0 Å². The van der Waals surface area contributed by atoms with Crippen molar-refractivity contribution >= 4 is 20.2 Å². The first-order valence-electron chi connectivity index (χ1n) is 0.667. The van der Waals surface area contributed by atoms with Gasteiger partial charge in [-0.15, -0.1) is 9.05 Å². The molecule has 0 saturated heterocycles. The van der Waals surface area contributed by atoms with Gasteiger partial charge in [-0.3, -0.25) is 4.21 Å². The maximum atomic E-state index is 8.89. The molecule has 0 atom stereocenters. The zero-order chi connectivity index (χ0) is 4.50. The smallest absolute Gasteiger partial charge is 1.00 e. The summed E-state index contributed by atoms with van der Waals surface area (Å²) in [6, 6.07) is 0. The second kappa shape index (κ2) is 9.77. The minimum atomic E-state index is -4.33. The van der Waals surface area contributed by atoms with Gasteiger partial charge >= 0.3 is 74.3 Å². The summed E-state index contributed by atoms with van der Waals surface area (Å²) in [4.78, 5) is 0. The fourth-order valence-corrected chi connectivity index (χ4v) is 0. The van der Waals surface area contributed by atoms with Crippen LogP contribution in [-0.4, -0.2) is 13.3 Å². The number of hydrogen-bond donors (Lipinski definition) is 0. The minimum absolute atomic E-state index is 0. The van der Waals surface area contributed by atoms with E-state index in [2.05, 4.69) is 11.2 Å². The van der Waals surface area contributed by atoms with Gasteiger partial charge in [0.1, 0.15) is 0 Å². The van der Waals surface area contributed by atoms with E-state index in [1.807, 2.05) is 0 Å². The van der Waals surface area contributed by atoms with Crippen molar-refractivity contribution in [3.05, 3.63) is 0 Å². The van der Waals surface area contributed by atoms with E-state index in [-0.39, 0.29) is 75.7 Å². The Hall–Kier alpha value is 2.77. The summed E-state index contributed by atoms with van der Waals surface area (Å²) in [6.07, 6.45) is 0.